The first-order valence-electron chi connectivity index (χ1n) is 4.73. The van der Waals surface area contributed by atoms with Gasteiger partial charge < -0.3 is 11.1 Å². The summed E-state index contributed by atoms with van der Waals surface area (Å²) in [6, 6.07) is 5.24. The van der Waals surface area contributed by atoms with Crippen molar-refractivity contribution in [1.29, 1.82) is 0 Å². The average Bonchev–Trinajstić information content (AvgIpc) is 2.79. The molecule has 0 aliphatic rings. The molecule has 2 rings (SSSR count). The molecular formula is C10H11N5O. The van der Waals surface area contributed by atoms with Gasteiger partial charge in [-0.25, -0.2) is 0 Å². The maximum atomic E-state index is 10.9. The number of carbonyl (C=O) groups excluding carboxylic acids is 1. The van der Waals surface area contributed by atoms with Gasteiger partial charge in [0.2, 0.25) is 0 Å². The van der Waals surface area contributed by atoms with E-state index in [1.807, 2.05) is 6.07 Å². The Morgan fingerprint density at radius 3 is 3.00 bits per heavy atom. The molecule has 0 saturated carbocycles. The topological polar surface area (TPSA) is 96.7 Å². The highest BCUT2D eigenvalue weighted by Crippen LogP contribution is 2.08. The minimum absolute atomic E-state index is 0.245. The Morgan fingerprint density at radius 2 is 2.31 bits per heavy atom. The fourth-order valence-electron chi connectivity index (χ4n) is 1.26. The first-order chi connectivity index (χ1) is 7.75. The van der Waals surface area contributed by atoms with Crippen molar-refractivity contribution in [3.8, 4) is 0 Å². The van der Waals surface area contributed by atoms with Crippen LogP contribution >= 0.6 is 0 Å². The predicted molar refractivity (Wildman–Crippen MR) is 58.7 cm³/mol. The van der Waals surface area contributed by atoms with E-state index in [0.717, 1.165) is 11.4 Å². The number of H-pyrrole nitrogens is 1. The fourth-order valence-corrected chi connectivity index (χ4v) is 1.26. The number of nitrogens with two attached hydrogens (primary N) is 1. The molecule has 0 spiro atoms. The second-order valence-corrected chi connectivity index (χ2v) is 3.23. The molecule has 6 nitrogen and oxygen atoms in total. The van der Waals surface area contributed by atoms with Crippen molar-refractivity contribution in [2.45, 2.75) is 6.54 Å². The van der Waals surface area contributed by atoms with Gasteiger partial charge in [-0.1, -0.05) is 0 Å². The average molecular weight is 217 g/mol. The molecule has 0 saturated heterocycles. The van der Waals surface area contributed by atoms with Crippen LogP contribution in [0.2, 0.25) is 0 Å². The first-order valence-corrected chi connectivity index (χ1v) is 4.73. The minimum atomic E-state index is -0.537. The lowest BCUT2D eigenvalue weighted by Gasteiger charge is -2.05. The summed E-state index contributed by atoms with van der Waals surface area (Å²) in [7, 11) is 0. The molecule has 16 heavy (non-hydrogen) atoms. The van der Waals surface area contributed by atoms with E-state index in [9.17, 15) is 4.79 Å². The Morgan fingerprint density at radius 1 is 1.44 bits per heavy atom. The first kappa shape index (κ1) is 10.2. The summed E-state index contributed by atoms with van der Waals surface area (Å²) in [6.07, 6.45) is 3.22. The van der Waals surface area contributed by atoms with Crippen molar-refractivity contribution in [3.63, 3.8) is 0 Å². The van der Waals surface area contributed by atoms with Crippen LogP contribution in [0, 0.1) is 0 Å². The van der Waals surface area contributed by atoms with Crippen LogP contribution in [0.5, 0.6) is 0 Å². The molecule has 0 aromatic carbocycles. The van der Waals surface area contributed by atoms with E-state index in [0.29, 0.717) is 6.54 Å². The van der Waals surface area contributed by atoms with Crippen molar-refractivity contribution in [2.75, 3.05) is 5.32 Å². The van der Waals surface area contributed by atoms with Gasteiger partial charge in [-0.3, -0.25) is 14.9 Å². The molecule has 2 aromatic rings. The summed E-state index contributed by atoms with van der Waals surface area (Å²) in [5.74, 6) is -0.537. The molecule has 0 aliphatic carbocycles. The zero-order valence-corrected chi connectivity index (χ0v) is 8.47. The molecule has 0 unspecified atom stereocenters. The van der Waals surface area contributed by atoms with E-state index in [1.165, 1.54) is 6.20 Å². The maximum absolute atomic E-state index is 10.9. The lowest BCUT2D eigenvalue weighted by molar-refractivity contribution is 0.0995. The van der Waals surface area contributed by atoms with Crippen LogP contribution in [0.15, 0.2) is 30.6 Å². The molecule has 6 heteroatoms. The van der Waals surface area contributed by atoms with E-state index in [1.54, 1.807) is 18.3 Å². The molecule has 4 N–H and O–H groups in total. The van der Waals surface area contributed by atoms with Crippen LogP contribution in [0.4, 0.5) is 5.69 Å². The Balaban J connectivity index is 2.04. The number of hydrogen-bond acceptors (Lipinski definition) is 4. The third-order valence-corrected chi connectivity index (χ3v) is 2.05. The Hall–Kier alpha value is -2.37. The highest BCUT2D eigenvalue weighted by molar-refractivity contribution is 5.91. The number of anilines is 1. The highest BCUT2D eigenvalue weighted by Gasteiger charge is 2.02. The number of pyridine rings is 1. The molecule has 0 atom stereocenters. The number of hydrogen-bond donors (Lipinski definition) is 3. The number of aromatic nitrogens is 3. The molecular weight excluding hydrogens is 206 g/mol. The molecule has 1 amide bonds. The summed E-state index contributed by atoms with van der Waals surface area (Å²) in [5, 5.41) is 9.78. The van der Waals surface area contributed by atoms with Crippen LogP contribution in [0.25, 0.3) is 0 Å². The number of rotatable bonds is 4. The second-order valence-electron chi connectivity index (χ2n) is 3.23. The van der Waals surface area contributed by atoms with E-state index in [4.69, 9.17) is 5.73 Å². The fraction of sp³-hybridized carbons (Fsp3) is 0.100. The molecule has 0 bridgehead atoms. The van der Waals surface area contributed by atoms with Crippen molar-refractivity contribution in [3.05, 3.63) is 42.0 Å². The van der Waals surface area contributed by atoms with E-state index in [2.05, 4.69) is 20.5 Å². The zero-order chi connectivity index (χ0) is 11.4. The van der Waals surface area contributed by atoms with Gasteiger partial charge in [0, 0.05) is 18.1 Å². The quantitative estimate of drug-likeness (QED) is 0.695. The number of amides is 1. The zero-order valence-electron chi connectivity index (χ0n) is 8.47. The Bertz CT molecular complexity index is 480. The van der Waals surface area contributed by atoms with E-state index < -0.39 is 5.91 Å². The van der Waals surface area contributed by atoms with Crippen molar-refractivity contribution in [2.24, 2.45) is 5.73 Å². The standard InChI is InChI=1S/C10H11N5O/c11-10(16)9-5-7(1-3-12-9)13-6-8-2-4-14-15-8/h1-5H,6H2,(H2,11,16)(H,12,13)(H,14,15). The lowest BCUT2D eigenvalue weighted by Crippen LogP contribution is -2.13. The summed E-state index contributed by atoms with van der Waals surface area (Å²) in [4.78, 5) is 14.8. The molecule has 0 fully saturated rings. The summed E-state index contributed by atoms with van der Waals surface area (Å²) >= 11 is 0. The second kappa shape index (κ2) is 4.43. The van der Waals surface area contributed by atoms with Gasteiger partial charge in [0.15, 0.2) is 0 Å². The third-order valence-electron chi connectivity index (χ3n) is 2.05. The summed E-state index contributed by atoms with van der Waals surface area (Å²) in [5.41, 5.74) is 7.12. The van der Waals surface area contributed by atoms with Crippen LogP contribution in [0.3, 0.4) is 0 Å². The lowest BCUT2D eigenvalue weighted by atomic mass is 10.3. The Kier molecular flexibility index (Phi) is 2.81. The van der Waals surface area contributed by atoms with Gasteiger partial charge in [0.25, 0.3) is 5.91 Å². The maximum Gasteiger partial charge on any atom is 0.267 e. The highest BCUT2D eigenvalue weighted by atomic mass is 16.1. The van der Waals surface area contributed by atoms with Crippen LogP contribution in [-0.2, 0) is 6.54 Å². The van der Waals surface area contributed by atoms with Gasteiger partial charge in [-0.2, -0.15) is 5.10 Å². The predicted octanol–water partition coefficient (Wildman–Crippen LogP) is 0.516. The molecule has 2 aromatic heterocycles. The van der Waals surface area contributed by atoms with E-state index in [-0.39, 0.29) is 5.69 Å². The van der Waals surface area contributed by atoms with Gasteiger partial charge in [-0.05, 0) is 18.2 Å². The normalized spacial score (nSPS) is 10.0. The molecule has 0 radical (unpaired) electrons. The smallest absolute Gasteiger partial charge is 0.267 e. The molecule has 82 valence electrons. The SMILES string of the molecule is NC(=O)c1cc(NCc2ccn[nH]2)ccn1. The number of primary amides is 1. The van der Waals surface area contributed by atoms with Gasteiger partial charge in [0.05, 0.1) is 12.2 Å². The minimum Gasteiger partial charge on any atom is -0.379 e. The van der Waals surface area contributed by atoms with Crippen LogP contribution in [0.1, 0.15) is 16.2 Å². The van der Waals surface area contributed by atoms with Crippen LogP contribution < -0.4 is 11.1 Å². The van der Waals surface area contributed by atoms with Crippen molar-refractivity contribution >= 4 is 11.6 Å². The van der Waals surface area contributed by atoms with Crippen LogP contribution in [-0.4, -0.2) is 21.1 Å². The summed E-state index contributed by atoms with van der Waals surface area (Å²) in [6.45, 7) is 0.599. The number of aromatic amines is 1. The number of nitrogens with zero attached hydrogens (tertiary/aromatic N) is 2. The number of nitrogens with one attached hydrogen (secondary N) is 2. The Labute approximate surface area is 91.9 Å². The third kappa shape index (κ3) is 2.35. The van der Waals surface area contributed by atoms with Crippen molar-refractivity contribution < 1.29 is 4.79 Å². The summed E-state index contributed by atoms with van der Waals surface area (Å²) < 4.78 is 0. The largest absolute Gasteiger partial charge is 0.379 e. The van der Waals surface area contributed by atoms with Gasteiger partial charge in [-0.15, -0.1) is 0 Å². The van der Waals surface area contributed by atoms with Gasteiger partial charge >= 0.3 is 0 Å². The number of carbonyl (C=O) groups is 1. The van der Waals surface area contributed by atoms with Gasteiger partial charge in [0.1, 0.15) is 5.69 Å². The molecule has 0 aliphatic heterocycles. The monoisotopic (exact) mass is 217 g/mol. The van der Waals surface area contributed by atoms with Crippen molar-refractivity contribution in [1.82, 2.24) is 15.2 Å². The van der Waals surface area contributed by atoms with E-state index >= 15 is 0 Å². The molecule has 2 heterocycles.